The van der Waals surface area contributed by atoms with Crippen LogP contribution in [-0.4, -0.2) is 11.1 Å². The number of halogens is 1. The van der Waals surface area contributed by atoms with Crippen LogP contribution in [0.4, 0.5) is 0 Å². The Kier molecular flexibility index (Phi) is 2.78. The molecule has 0 unspecified atom stereocenters. The summed E-state index contributed by atoms with van der Waals surface area (Å²) in [6.07, 6.45) is 1.61. The van der Waals surface area contributed by atoms with E-state index in [0.29, 0.717) is 11.6 Å². The van der Waals surface area contributed by atoms with Crippen molar-refractivity contribution in [2.45, 2.75) is 19.4 Å². The lowest BCUT2D eigenvalue weighted by Gasteiger charge is -2.25. The minimum atomic E-state index is -0.387. The van der Waals surface area contributed by atoms with Crippen molar-refractivity contribution in [1.82, 2.24) is 4.57 Å². The Bertz CT molecular complexity index is 357. The molecule has 0 aliphatic carbocycles. The van der Waals surface area contributed by atoms with Crippen LogP contribution in [0.1, 0.15) is 13.8 Å². The minimum Gasteiger partial charge on any atom is -0.328 e. The van der Waals surface area contributed by atoms with Gasteiger partial charge in [0.2, 0.25) is 0 Å². The fourth-order valence-corrected chi connectivity index (χ4v) is 1.19. The monoisotopic (exact) mass is 200 g/mol. The van der Waals surface area contributed by atoms with Gasteiger partial charge in [0.25, 0.3) is 5.56 Å². The molecule has 0 spiro atoms. The molecular formula is C9H13ClN2O. The van der Waals surface area contributed by atoms with Crippen LogP contribution in [0.25, 0.3) is 0 Å². The van der Waals surface area contributed by atoms with Gasteiger partial charge in [0, 0.05) is 18.8 Å². The highest BCUT2D eigenvalue weighted by atomic mass is 35.5. The van der Waals surface area contributed by atoms with Crippen LogP contribution in [0.3, 0.4) is 0 Å². The molecule has 0 amide bonds. The minimum absolute atomic E-state index is 0.0835. The molecule has 0 aromatic carbocycles. The molecule has 4 heteroatoms. The van der Waals surface area contributed by atoms with E-state index in [9.17, 15) is 4.79 Å². The lowest BCUT2D eigenvalue weighted by molar-refractivity contribution is 0.355. The SMILES string of the molecule is CC(C)(CN)n1cc(Cl)ccc1=O. The summed E-state index contributed by atoms with van der Waals surface area (Å²) in [4.78, 5) is 11.4. The summed E-state index contributed by atoms with van der Waals surface area (Å²) >= 11 is 5.78. The van der Waals surface area contributed by atoms with E-state index in [1.807, 2.05) is 13.8 Å². The third kappa shape index (κ3) is 2.11. The molecule has 0 radical (unpaired) electrons. The van der Waals surface area contributed by atoms with E-state index in [1.165, 1.54) is 6.07 Å². The van der Waals surface area contributed by atoms with Crippen LogP contribution in [0.15, 0.2) is 23.1 Å². The first-order chi connectivity index (χ1) is 5.97. The first-order valence-corrected chi connectivity index (χ1v) is 4.44. The van der Waals surface area contributed by atoms with Gasteiger partial charge in [-0.3, -0.25) is 4.79 Å². The van der Waals surface area contributed by atoms with Crippen molar-refractivity contribution in [3.8, 4) is 0 Å². The first-order valence-electron chi connectivity index (χ1n) is 4.06. The predicted octanol–water partition coefficient (Wildman–Crippen LogP) is 1.20. The third-order valence-corrected chi connectivity index (χ3v) is 2.25. The normalized spacial score (nSPS) is 11.7. The maximum atomic E-state index is 11.4. The topological polar surface area (TPSA) is 48.0 Å². The van der Waals surface area contributed by atoms with Crippen LogP contribution in [0.2, 0.25) is 5.02 Å². The van der Waals surface area contributed by atoms with Crippen LogP contribution in [0, 0.1) is 0 Å². The fraction of sp³-hybridized carbons (Fsp3) is 0.444. The Morgan fingerprint density at radius 2 is 2.15 bits per heavy atom. The Morgan fingerprint density at radius 3 is 2.69 bits per heavy atom. The number of hydrogen-bond acceptors (Lipinski definition) is 2. The van der Waals surface area contributed by atoms with Gasteiger partial charge in [-0.25, -0.2) is 0 Å². The largest absolute Gasteiger partial charge is 0.328 e. The zero-order chi connectivity index (χ0) is 10.1. The molecule has 0 bridgehead atoms. The second-order valence-corrected chi connectivity index (χ2v) is 4.01. The smallest absolute Gasteiger partial charge is 0.251 e. The average molecular weight is 201 g/mol. The second kappa shape index (κ2) is 3.52. The highest BCUT2D eigenvalue weighted by molar-refractivity contribution is 6.30. The van der Waals surface area contributed by atoms with E-state index < -0.39 is 0 Å². The van der Waals surface area contributed by atoms with Crippen molar-refractivity contribution in [2.24, 2.45) is 5.73 Å². The zero-order valence-corrected chi connectivity index (χ0v) is 8.51. The van der Waals surface area contributed by atoms with Gasteiger partial charge in [-0.1, -0.05) is 11.6 Å². The van der Waals surface area contributed by atoms with Crippen LogP contribution < -0.4 is 11.3 Å². The van der Waals surface area contributed by atoms with Crippen molar-refractivity contribution >= 4 is 11.6 Å². The Hall–Kier alpha value is -0.800. The first kappa shape index (κ1) is 10.3. The molecule has 1 rings (SSSR count). The van der Waals surface area contributed by atoms with Crippen molar-refractivity contribution in [3.63, 3.8) is 0 Å². The second-order valence-electron chi connectivity index (χ2n) is 3.57. The molecule has 0 fully saturated rings. The van der Waals surface area contributed by atoms with Gasteiger partial charge in [-0.05, 0) is 19.9 Å². The van der Waals surface area contributed by atoms with Gasteiger partial charge in [0.15, 0.2) is 0 Å². The van der Waals surface area contributed by atoms with E-state index in [4.69, 9.17) is 17.3 Å². The van der Waals surface area contributed by atoms with Gasteiger partial charge in [0.1, 0.15) is 0 Å². The van der Waals surface area contributed by atoms with E-state index in [2.05, 4.69) is 0 Å². The average Bonchev–Trinajstić information content (AvgIpc) is 2.09. The van der Waals surface area contributed by atoms with Gasteiger partial charge in [0.05, 0.1) is 10.6 Å². The number of rotatable bonds is 2. The molecule has 1 aromatic rings. The Balaban J connectivity index is 3.29. The summed E-state index contributed by atoms with van der Waals surface area (Å²) < 4.78 is 1.55. The zero-order valence-electron chi connectivity index (χ0n) is 7.75. The quantitative estimate of drug-likeness (QED) is 0.780. The molecule has 0 atom stereocenters. The van der Waals surface area contributed by atoms with Crippen molar-refractivity contribution in [2.75, 3.05) is 6.54 Å². The maximum absolute atomic E-state index is 11.4. The Labute approximate surface area is 82.1 Å². The van der Waals surface area contributed by atoms with E-state index >= 15 is 0 Å². The standard InChI is InChI=1S/C9H13ClN2O/c1-9(2,6-11)12-5-7(10)3-4-8(12)13/h3-5H,6,11H2,1-2H3. The maximum Gasteiger partial charge on any atom is 0.251 e. The van der Waals surface area contributed by atoms with Gasteiger partial charge in [-0.2, -0.15) is 0 Å². The summed E-state index contributed by atoms with van der Waals surface area (Å²) in [5.41, 5.74) is 5.08. The van der Waals surface area contributed by atoms with Crippen LogP contribution in [0.5, 0.6) is 0 Å². The molecule has 3 nitrogen and oxygen atoms in total. The molecule has 0 aliphatic rings. The highest BCUT2D eigenvalue weighted by Crippen LogP contribution is 2.13. The molecule has 0 aliphatic heterocycles. The number of nitrogens with two attached hydrogens (primary N) is 1. The third-order valence-electron chi connectivity index (χ3n) is 2.03. The van der Waals surface area contributed by atoms with Gasteiger partial charge >= 0.3 is 0 Å². The van der Waals surface area contributed by atoms with Gasteiger partial charge < -0.3 is 10.3 Å². The molecule has 13 heavy (non-hydrogen) atoms. The van der Waals surface area contributed by atoms with Crippen molar-refractivity contribution in [3.05, 3.63) is 33.7 Å². The fourth-order valence-electron chi connectivity index (χ4n) is 1.03. The summed E-state index contributed by atoms with van der Waals surface area (Å²) in [5.74, 6) is 0. The van der Waals surface area contributed by atoms with Crippen molar-refractivity contribution in [1.29, 1.82) is 0 Å². The number of pyridine rings is 1. The number of hydrogen-bond donors (Lipinski definition) is 1. The van der Waals surface area contributed by atoms with E-state index in [1.54, 1.807) is 16.8 Å². The van der Waals surface area contributed by atoms with Crippen molar-refractivity contribution < 1.29 is 0 Å². The summed E-state index contributed by atoms with van der Waals surface area (Å²) in [5, 5.41) is 0.543. The molecule has 72 valence electrons. The predicted molar refractivity (Wildman–Crippen MR) is 54.1 cm³/mol. The number of nitrogens with zero attached hydrogens (tertiary/aromatic N) is 1. The lowest BCUT2D eigenvalue weighted by atomic mass is 10.1. The molecular weight excluding hydrogens is 188 g/mol. The molecule has 1 aromatic heterocycles. The highest BCUT2D eigenvalue weighted by Gasteiger charge is 2.18. The molecule has 0 saturated carbocycles. The Morgan fingerprint density at radius 1 is 1.54 bits per heavy atom. The van der Waals surface area contributed by atoms with Crippen LogP contribution >= 0.6 is 11.6 Å². The summed E-state index contributed by atoms with van der Waals surface area (Å²) in [6, 6.07) is 3.02. The van der Waals surface area contributed by atoms with Crippen LogP contribution in [-0.2, 0) is 5.54 Å². The summed E-state index contributed by atoms with van der Waals surface area (Å²) in [7, 11) is 0. The lowest BCUT2D eigenvalue weighted by Crippen LogP contribution is -2.41. The number of aromatic nitrogens is 1. The van der Waals surface area contributed by atoms with E-state index in [-0.39, 0.29) is 11.1 Å². The molecule has 1 heterocycles. The van der Waals surface area contributed by atoms with E-state index in [0.717, 1.165) is 0 Å². The molecule has 2 N–H and O–H groups in total. The summed E-state index contributed by atoms with van der Waals surface area (Å²) in [6.45, 7) is 4.18. The van der Waals surface area contributed by atoms with Gasteiger partial charge in [-0.15, -0.1) is 0 Å². The molecule has 0 saturated heterocycles.